The maximum absolute atomic E-state index is 11.0. The van der Waals surface area contributed by atoms with Crippen molar-refractivity contribution in [3.8, 4) is 0 Å². The highest BCUT2D eigenvalue weighted by atomic mass is 32.1. The molecule has 0 spiro atoms. The second-order valence-corrected chi connectivity index (χ2v) is 5.20. The van der Waals surface area contributed by atoms with Crippen LogP contribution in [0.3, 0.4) is 0 Å². The van der Waals surface area contributed by atoms with E-state index in [1.165, 1.54) is 16.2 Å². The number of hydrogen-bond acceptors (Lipinski definition) is 4. The summed E-state index contributed by atoms with van der Waals surface area (Å²) in [4.78, 5) is 18.7. The molecule has 0 radical (unpaired) electrons. The largest absolute Gasteiger partial charge is 0.364 e. The number of thiazole rings is 1. The zero-order valence-electron chi connectivity index (χ0n) is 8.99. The molecule has 0 bridgehead atoms. The van der Waals surface area contributed by atoms with Crippen molar-refractivity contribution in [2.75, 3.05) is 14.1 Å². The fraction of sp³-hybridized carbons (Fsp3) is 0.600. The van der Waals surface area contributed by atoms with Crippen LogP contribution in [0.5, 0.6) is 0 Å². The molecule has 1 aromatic heterocycles. The predicted molar refractivity (Wildman–Crippen MR) is 60.1 cm³/mol. The number of primary amides is 1. The van der Waals surface area contributed by atoms with Gasteiger partial charge in [-0.3, -0.25) is 4.79 Å². The molecular weight excluding hydrogens is 210 g/mol. The summed E-state index contributed by atoms with van der Waals surface area (Å²) in [5.74, 6) is -0.407. The third-order valence-electron chi connectivity index (χ3n) is 2.85. The molecule has 1 aromatic rings. The van der Waals surface area contributed by atoms with Crippen molar-refractivity contribution in [3.63, 3.8) is 0 Å². The lowest BCUT2D eigenvalue weighted by atomic mass is 9.97. The second-order valence-electron chi connectivity index (χ2n) is 4.11. The number of hydrogen-bond donors (Lipinski definition) is 1. The summed E-state index contributed by atoms with van der Waals surface area (Å²) < 4.78 is 0. The van der Waals surface area contributed by atoms with Crippen molar-refractivity contribution < 1.29 is 4.79 Å². The van der Waals surface area contributed by atoms with Gasteiger partial charge in [0.05, 0.1) is 5.69 Å². The van der Waals surface area contributed by atoms with Gasteiger partial charge >= 0.3 is 0 Å². The number of rotatable bonds is 2. The molecule has 0 aliphatic heterocycles. The number of aromatic nitrogens is 1. The molecule has 1 amide bonds. The van der Waals surface area contributed by atoms with Gasteiger partial charge in [0.1, 0.15) is 0 Å². The van der Waals surface area contributed by atoms with Crippen LogP contribution < -0.4 is 5.73 Å². The first-order valence-electron chi connectivity index (χ1n) is 5.02. The van der Waals surface area contributed by atoms with Gasteiger partial charge in [-0.1, -0.05) is 0 Å². The van der Waals surface area contributed by atoms with Crippen LogP contribution in [0.4, 0.5) is 0 Å². The Labute approximate surface area is 93.1 Å². The zero-order chi connectivity index (χ0) is 11.0. The van der Waals surface area contributed by atoms with Crippen LogP contribution in [0, 0.1) is 0 Å². The average molecular weight is 225 g/mol. The number of aryl methyl sites for hydroxylation is 1. The minimum Gasteiger partial charge on any atom is -0.364 e. The van der Waals surface area contributed by atoms with Gasteiger partial charge in [-0.2, -0.15) is 0 Å². The summed E-state index contributed by atoms with van der Waals surface area (Å²) >= 11 is 1.45. The average Bonchev–Trinajstić information content (AvgIpc) is 2.59. The summed E-state index contributed by atoms with van der Waals surface area (Å²) in [6.07, 6.45) is 3.07. The maximum atomic E-state index is 11.0. The number of nitrogens with zero attached hydrogens (tertiary/aromatic N) is 2. The lowest BCUT2D eigenvalue weighted by Gasteiger charge is -2.27. The SMILES string of the molecule is CN(C)C1CCc2nc(C(N)=O)sc2C1. The molecule has 0 fully saturated rings. The second kappa shape index (κ2) is 3.90. The minimum absolute atomic E-state index is 0.407. The first-order valence-corrected chi connectivity index (χ1v) is 5.84. The molecule has 82 valence electrons. The number of carbonyl (C=O) groups is 1. The Morgan fingerprint density at radius 2 is 2.33 bits per heavy atom. The van der Waals surface area contributed by atoms with Crippen molar-refractivity contribution in [3.05, 3.63) is 15.6 Å². The molecule has 15 heavy (non-hydrogen) atoms. The monoisotopic (exact) mass is 225 g/mol. The Morgan fingerprint density at radius 3 is 2.93 bits per heavy atom. The van der Waals surface area contributed by atoms with Gasteiger partial charge in [-0.25, -0.2) is 4.98 Å². The fourth-order valence-electron chi connectivity index (χ4n) is 1.90. The smallest absolute Gasteiger partial charge is 0.277 e. The van der Waals surface area contributed by atoms with Gasteiger partial charge in [0.2, 0.25) is 0 Å². The van der Waals surface area contributed by atoms with Gasteiger partial charge in [0.15, 0.2) is 5.01 Å². The molecule has 2 N–H and O–H groups in total. The van der Waals surface area contributed by atoms with Crippen LogP contribution in [0.1, 0.15) is 26.8 Å². The third kappa shape index (κ3) is 2.03. The summed E-state index contributed by atoms with van der Waals surface area (Å²) in [5.41, 5.74) is 6.29. The molecule has 5 heteroatoms. The van der Waals surface area contributed by atoms with Crippen LogP contribution in [0.15, 0.2) is 0 Å². The van der Waals surface area contributed by atoms with Crippen molar-refractivity contribution >= 4 is 17.2 Å². The Bertz CT molecular complexity index is 386. The van der Waals surface area contributed by atoms with Gasteiger partial charge in [0, 0.05) is 10.9 Å². The molecule has 0 saturated heterocycles. The number of fused-ring (bicyclic) bond motifs is 1. The van der Waals surface area contributed by atoms with E-state index in [1.54, 1.807) is 0 Å². The topological polar surface area (TPSA) is 59.2 Å². The van der Waals surface area contributed by atoms with Crippen molar-refractivity contribution in [2.24, 2.45) is 5.73 Å². The lowest BCUT2D eigenvalue weighted by molar-refractivity contribution is 0.0999. The fourth-order valence-corrected chi connectivity index (χ4v) is 2.93. The quantitative estimate of drug-likeness (QED) is 0.804. The predicted octanol–water partition coefficient (Wildman–Crippen LogP) is 0.661. The van der Waals surface area contributed by atoms with E-state index in [2.05, 4.69) is 24.0 Å². The first kappa shape index (κ1) is 10.6. The van der Waals surface area contributed by atoms with E-state index in [9.17, 15) is 4.79 Å². The van der Waals surface area contributed by atoms with Crippen LogP contribution in [-0.4, -0.2) is 35.9 Å². The summed E-state index contributed by atoms with van der Waals surface area (Å²) in [5, 5.41) is 0.458. The van der Waals surface area contributed by atoms with E-state index in [4.69, 9.17) is 5.73 Å². The van der Waals surface area contributed by atoms with Crippen LogP contribution in [0.25, 0.3) is 0 Å². The Hall–Kier alpha value is -0.940. The van der Waals surface area contributed by atoms with Gasteiger partial charge in [0.25, 0.3) is 5.91 Å². The molecule has 0 aromatic carbocycles. The van der Waals surface area contributed by atoms with Gasteiger partial charge in [-0.05, 0) is 33.4 Å². The molecule has 1 aliphatic carbocycles. The number of carbonyl (C=O) groups excluding carboxylic acids is 1. The first-order chi connectivity index (χ1) is 7.08. The summed E-state index contributed by atoms with van der Waals surface area (Å²) in [7, 11) is 4.18. The molecule has 1 aliphatic rings. The number of nitrogens with two attached hydrogens (primary N) is 1. The standard InChI is InChI=1S/C10H15N3OS/c1-13(2)6-3-4-7-8(5-6)15-10(12-7)9(11)14/h6H,3-5H2,1-2H3,(H2,11,14). The van der Waals surface area contributed by atoms with Crippen LogP contribution in [-0.2, 0) is 12.8 Å². The van der Waals surface area contributed by atoms with Gasteiger partial charge in [-0.15, -0.1) is 11.3 Å². The van der Waals surface area contributed by atoms with E-state index >= 15 is 0 Å². The normalized spacial score (nSPS) is 20.3. The summed E-state index contributed by atoms with van der Waals surface area (Å²) in [6.45, 7) is 0. The lowest BCUT2D eigenvalue weighted by Crippen LogP contribution is -2.32. The Morgan fingerprint density at radius 1 is 1.60 bits per heavy atom. The molecule has 1 heterocycles. The highest BCUT2D eigenvalue weighted by Crippen LogP contribution is 2.28. The maximum Gasteiger partial charge on any atom is 0.277 e. The van der Waals surface area contributed by atoms with Gasteiger partial charge < -0.3 is 10.6 Å². The molecular formula is C10H15N3OS. The van der Waals surface area contributed by atoms with E-state index < -0.39 is 5.91 Å². The molecule has 0 saturated carbocycles. The zero-order valence-corrected chi connectivity index (χ0v) is 9.80. The number of likely N-dealkylation sites (N-methyl/N-ethyl adjacent to an activating group) is 1. The summed E-state index contributed by atoms with van der Waals surface area (Å²) in [6, 6.07) is 0.568. The van der Waals surface area contributed by atoms with Crippen LogP contribution >= 0.6 is 11.3 Å². The molecule has 1 unspecified atom stereocenters. The van der Waals surface area contributed by atoms with E-state index in [0.29, 0.717) is 11.0 Å². The third-order valence-corrected chi connectivity index (χ3v) is 3.99. The van der Waals surface area contributed by atoms with E-state index in [-0.39, 0.29) is 0 Å². The Balaban J connectivity index is 2.23. The minimum atomic E-state index is -0.407. The highest BCUT2D eigenvalue weighted by Gasteiger charge is 2.24. The van der Waals surface area contributed by atoms with Crippen molar-refractivity contribution in [2.45, 2.75) is 25.3 Å². The molecule has 2 rings (SSSR count). The van der Waals surface area contributed by atoms with Crippen LogP contribution in [0.2, 0.25) is 0 Å². The number of amides is 1. The van der Waals surface area contributed by atoms with E-state index in [1.807, 2.05) is 0 Å². The van der Waals surface area contributed by atoms with E-state index in [0.717, 1.165) is 25.0 Å². The Kier molecular flexibility index (Phi) is 2.75. The van der Waals surface area contributed by atoms with Crippen molar-refractivity contribution in [1.29, 1.82) is 0 Å². The molecule has 4 nitrogen and oxygen atoms in total. The molecule has 1 atom stereocenters. The van der Waals surface area contributed by atoms with Crippen molar-refractivity contribution in [1.82, 2.24) is 9.88 Å². The highest BCUT2D eigenvalue weighted by molar-refractivity contribution is 7.13.